The zero-order valence-electron chi connectivity index (χ0n) is 10.8. The maximum absolute atomic E-state index is 5.63. The number of nitrogens with zero attached hydrogens (tertiary/aromatic N) is 2. The zero-order valence-corrected chi connectivity index (χ0v) is 11.6. The van der Waals surface area contributed by atoms with E-state index in [1.54, 1.807) is 18.4 Å². The van der Waals surface area contributed by atoms with E-state index in [1.165, 1.54) is 0 Å². The first-order valence-electron chi connectivity index (χ1n) is 6.18. The minimum atomic E-state index is 0.0968. The van der Waals surface area contributed by atoms with Gasteiger partial charge in [-0.3, -0.25) is 15.7 Å². The van der Waals surface area contributed by atoms with Crippen molar-refractivity contribution in [3.63, 3.8) is 0 Å². The summed E-state index contributed by atoms with van der Waals surface area (Å²) in [5.74, 6) is 5.63. The lowest BCUT2D eigenvalue weighted by Gasteiger charge is -2.24. The summed E-state index contributed by atoms with van der Waals surface area (Å²) in [5, 5.41) is 2.03. The van der Waals surface area contributed by atoms with Crippen LogP contribution in [-0.4, -0.2) is 28.6 Å². The fourth-order valence-corrected chi connectivity index (χ4v) is 2.88. The van der Waals surface area contributed by atoms with E-state index in [1.807, 2.05) is 16.0 Å². The predicted octanol–water partition coefficient (Wildman–Crippen LogP) is 1.59. The number of fused-ring (bicyclic) bond motifs is 1. The summed E-state index contributed by atoms with van der Waals surface area (Å²) in [4.78, 5) is 5.59. The number of methoxy groups -OCH3 is 1. The number of thiazole rings is 1. The summed E-state index contributed by atoms with van der Waals surface area (Å²) in [7, 11) is 1.73. The molecule has 2 unspecified atom stereocenters. The smallest absolute Gasteiger partial charge is 0.193 e. The molecule has 0 aliphatic heterocycles. The molecule has 0 spiro atoms. The van der Waals surface area contributed by atoms with Gasteiger partial charge in [0.2, 0.25) is 0 Å². The molecule has 2 heterocycles. The van der Waals surface area contributed by atoms with Gasteiger partial charge in [0.15, 0.2) is 4.96 Å². The van der Waals surface area contributed by atoms with Crippen molar-refractivity contribution in [2.45, 2.75) is 38.3 Å². The number of ether oxygens (including phenoxy) is 1. The molecule has 0 saturated carbocycles. The van der Waals surface area contributed by atoms with Gasteiger partial charge in [-0.2, -0.15) is 0 Å². The Kier molecular flexibility index (Phi) is 4.71. The first-order chi connectivity index (χ1) is 8.78. The van der Waals surface area contributed by atoms with Gasteiger partial charge >= 0.3 is 0 Å². The highest BCUT2D eigenvalue weighted by Gasteiger charge is 2.21. The van der Waals surface area contributed by atoms with Gasteiger partial charge in [-0.15, -0.1) is 11.3 Å². The van der Waals surface area contributed by atoms with Crippen LogP contribution in [0.25, 0.3) is 4.96 Å². The van der Waals surface area contributed by atoms with Crippen LogP contribution in [0.2, 0.25) is 0 Å². The number of hydrazine groups is 1. The minimum absolute atomic E-state index is 0.0968. The van der Waals surface area contributed by atoms with Crippen molar-refractivity contribution in [2.75, 3.05) is 7.11 Å². The Morgan fingerprint density at radius 3 is 3.06 bits per heavy atom. The second-order valence-corrected chi connectivity index (χ2v) is 5.24. The van der Waals surface area contributed by atoms with Crippen LogP contribution in [0.4, 0.5) is 0 Å². The Bertz CT molecular complexity index is 453. The predicted molar refractivity (Wildman–Crippen MR) is 73.6 cm³/mol. The van der Waals surface area contributed by atoms with E-state index in [2.05, 4.69) is 23.5 Å². The molecule has 0 aliphatic rings. The first kappa shape index (κ1) is 13.5. The van der Waals surface area contributed by atoms with Gasteiger partial charge in [-0.05, 0) is 6.42 Å². The van der Waals surface area contributed by atoms with Crippen molar-refractivity contribution in [1.29, 1.82) is 0 Å². The number of nitrogens with one attached hydrogen (secondary N) is 1. The molecule has 0 radical (unpaired) electrons. The van der Waals surface area contributed by atoms with E-state index in [9.17, 15) is 0 Å². The van der Waals surface area contributed by atoms with Crippen molar-refractivity contribution in [1.82, 2.24) is 14.8 Å². The molecule has 6 heteroatoms. The van der Waals surface area contributed by atoms with Crippen LogP contribution in [0.5, 0.6) is 0 Å². The summed E-state index contributed by atoms with van der Waals surface area (Å²) >= 11 is 1.64. The lowest BCUT2D eigenvalue weighted by Crippen LogP contribution is -2.46. The van der Waals surface area contributed by atoms with Crippen molar-refractivity contribution < 1.29 is 4.74 Å². The Morgan fingerprint density at radius 2 is 2.44 bits per heavy atom. The molecule has 2 aromatic heterocycles. The van der Waals surface area contributed by atoms with E-state index in [-0.39, 0.29) is 12.1 Å². The molecule has 100 valence electrons. The Balaban J connectivity index is 2.07. The average Bonchev–Trinajstić information content (AvgIpc) is 2.94. The molecule has 0 fully saturated rings. The topological polar surface area (TPSA) is 64.6 Å². The molecule has 0 saturated heterocycles. The van der Waals surface area contributed by atoms with E-state index in [0.717, 1.165) is 29.9 Å². The fourth-order valence-electron chi connectivity index (χ4n) is 2.17. The third-order valence-electron chi connectivity index (χ3n) is 3.11. The summed E-state index contributed by atoms with van der Waals surface area (Å²) in [6.07, 6.45) is 7.04. The maximum Gasteiger partial charge on any atom is 0.193 e. The van der Waals surface area contributed by atoms with Crippen LogP contribution in [0, 0.1) is 0 Å². The highest BCUT2D eigenvalue weighted by molar-refractivity contribution is 7.15. The third-order valence-corrected chi connectivity index (χ3v) is 3.88. The van der Waals surface area contributed by atoms with Crippen LogP contribution < -0.4 is 11.3 Å². The van der Waals surface area contributed by atoms with Gasteiger partial charge in [-0.1, -0.05) is 13.3 Å². The molecule has 2 rings (SSSR count). The number of hydrogen-bond donors (Lipinski definition) is 2. The Labute approximate surface area is 111 Å². The van der Waals surface area contributed by atoms with E-state index in [0.29, 0.717) is 0 Å². The number of nitrogens with two attached hydrogens (primary N) is 1. The van der Waals surface area contributed by atoms with Gasteiger partial charge in [-0.25, -0.2) is 4.98 Å². The van der Waals surface area contributed by atoms with Crippen LogP contribution in [0.15, 0.2) is 17.8 Å². The number of hydrogen-bond acceptors (Lipinski definition) is 5. The summed E-state index contributed by atoms with van der Waals surface area (Å²) in [6, 6.07) is 0.0968. The number of aromatic nitrogens is 2. The van der Waals surface area contributed by atoms with Crippen LogP contribution in [0.3, 0.4) is 0 Å². The highest BCUT2D eigenvalue weighted by Crippen LogP contribution is 2.15. The van der Waals surface area contributed by atoms with Crippen molar-refractivity contribution in [2.24, 2.45) is 5.84 Å². The number of rotatable bonds is 7. The average molecular weight is 268 g/mol. The van der Waals surface area contributed by atoms with Gasteiger partial charge in [0.1, 0.15) is 0 Å². The quantitative estimate of drug-likeness (QED) is 0.591. The molecule has 18 heavy (non-hydrogen) atoms. The monoisotopic (exact) mass is 268 g/mol. The molecule has 2 atom stereocenters. The molecule has 5 nitrogen and oxygen atoms in total. The molecule has 0 aliphatic carbocycles. The molecule has 3 N–H and O–H groups in total. The normalized spacial score (nSPS) is 15.1. The van der Waals surface area contributed by atoms with Crippen molar-refractivity contribution in [3.05, 3.63) is 23.5 Å². The lowest BCUT2D eigenvalue weighted by atomic mass is 10.0. The first-order valence-corrected chi connectivity index (χ1v) is 7.06. The van der Waals surface area contributed by atoms with Crippen molar-refractivity contribution >= 4 is 16.3 Å². The number of imidazole rings is 1. The SMILES string of the molecule is CCCC(OC)C(Cc1cn2ccsc2n1)NN. The van der Waals surface area contributed by atoms with Crippen LogP contribution >= 0.6 is 11.3 Å². The molecule has 0 amide bonds. The summed E-state index contributed by atoms with van der Waals surface area (Å²) < 4.78 is 7.53. The molecule has 0 bridgehead atoms. The molecular weight excluding hydrogens is 248 g/mol. The van der Waals surface area contributed by atoms with E-state index in [4.69, 9.17) is 10.6 Å². The van der Waals surface area contributed by atoms with Gasteiger partial charge in [0.25, 0.3) is 0 Å². The third kappa shape index (κ3) is 2.89. The second kappa shape index (κ2) is 6.29. The van der Waals surface area contributed by atoms with E-state index < -0.39 is 0 Å². The fraction of sp³-hybridized carbons (Fsp3) is 0.583. The molecular formula is C12H20N4OS. The van der Waals surface area contributed by atoms with E-state index >= 15 is 0 Å². The standard InChI is InChI=1S/C12H20N4OS/c1-3-4-11(17-2)10(15-13)7-9-8-16-5-6-18-12(16)14-9/h5-6,8,10-11,15H,3-4,7,13H2,1-2H3. The largest absolute Gasteiger partial charge is 0.380 e. The molecule has 0 aromatic carbocycles. The highest BCUT2D eigenvalue weighted by atomic mass is 32.1. The van der Waals surface area contributed by atoms with Crippen molar-refractivity contribution in [3.8, 4) is 0 Å². The van der Waals surface area contributed by atoms with Crippen LogP contribution in [0.1, 0.15) is 25.5 Å². The van der Waals surface area contributed by atoms with Gasteiger partial charge in [0.05, 0.1) is 17.8 Å². The summed E-state index contributed by atoms with van der Waals surface area (Å²) in [6.45, 7) is 2.15. The minimum Gasteiger partial charge on any atom is -0.380 e. The zero-order chi connectivity index (χ0) is 13.0. The van der Waals surface area contributed by atoms with Gasteiger partial charge < -0.3 is 4.74 Å². The Hall–Kier alpha value is -0.950. The van der Waals surface area contributed by atoms with Gasteiger partial charge in [0, 0.05) is 31.3 Å². The maximum atomic E-state index is 5.63. The second-order valence-electron chi connectivity index (χ2n) is 4.37. The lowest BCUT2D eigenvalue weighted by molar-refractivity contribution is 0.0606. The molecule has 2 aromatic rings. The van der Waals surface area contributed by atoms with Crippen LogP contribution in [-0.2, 0) is 11.2 Å². The Morgan fingerprint density at radius 1 is 1.61 bits per heavy atom. The summed E-state index contributed by atoms with van der Waals surface area (Å²) in [5.41, 5.74) is 3.90.